The van der Waals surface area contributed by atoms with Gasteiger partial charge in [-0.3, -0.25) is 29.3 Å². The van der Waals surface area contributed by atoms with E-state index >= 15 is 0 Å². The summed E-state index contributed by atoms with van der Waals surface area (Å²) < 4.78 is 68.7. The number of nitrogens with zero attached hydrogens (tertiary/aromatic N) is 16. The number of aliphatic carboxylic acids is 1. The molecule has 2 aliphatic heterocycles. The largest absolute Gasteiger partial charge is 1.00 e. The van der Waals surface area contributed by atoms with Crippen LogP contribution in [0.25, 0.3) is 66.2 Å². The number of ether oxygens (including phenoxy) is 4. The molecule has 7 aromatic carbocycles. The van der Waals surface area contributed by atoms with Gasteiger partial charge in [0.15, 0.2) is 9.30 Å². The molecule has 2 fully saturated rings. The number of anilines is 3. The number of piperazine rings is 2. The number of esters is 2. The maximum absolute atomic E-state index is 12.6. The van der Waals surface area contributed by atoms with Crippen LogP contribution >= 0.6 is 203 Å². The molecule has 15 rings (SSSR count). The number of carboxylic acid groups (broad SMARTS) is 1. The molecule has 36 nitrogen and oxygen atoms in total. The van der Waals surface area contributed by atoms with Crippen LogP contribution in [0, 0.1) is 10.1 Å². The van der Waals surface area contributed by atoms with E-state index in [4.69, 9.17) is 151 Å². The molecule has 2 aliphatic rings. The van der Waals surface area contributed by atoms with Gasteiger partial charge in [0.25, 0.3) is 0 Å². The Balaban J connectivity index is 0.000000508. The number of nitro groups is 1. The van der Waals surface area contributed by atoms with Crippen LogP contribution in [-0.4, -0.2) is 229 Å². The van der Waals surface area contributed by atoms with Crippen LogP contribution in [0.1, 0.15) is 91.3 Å². The van der Waals surface area contributed by atoms with Gasteiger partial charge < -0.3 is 77.0 Å². The fourth-order valence-corrected chi connectivity index (χ4v) is 15.3. The van der Waals surface area contributed by atoms with E-state index in [-0.39, 0.29) is 86.4 Å². The van der Waals surface area contributed by atoms with Gasteiger partial charge in [0.05, 0.1) is 111 Å². The van der Waals surface area contributed by atoms with E-state index in [1.165, 1.54) is 17.8 Å². The van der Waals surface area contributed by atoms with Gasteiger partial charge in [-0.1, -0.05) is 133 Å². The number of nitro benzene ring substituents is 1. The van der Waals surface area contributed by atoms with E-state index in [9.17, 15) is 38.9 Å². The molecule has 0 saturated carbocycles. The zero-order chi connectivity index (χ0) is 97.0. The van der Waals surface area contributed by atoms with Gasteiger partial charge >= 0.3 is 54.6 Å². The number of nitrogen functional groups attached to an aromatic ring is 3. The smallest absolute Gasteiger partial charge is 0.870 e. The number of carbonyl (C=O) groups excluding carboxylic acids is 5. The first kappa shape index (κ1) is 120. The number of nitrogens with two attached hydrogens (primary N) is 3. The Morgan fingerprint density at radius 1 is 0.477 bits per heavy atom. The van der Waals surface area contributed by atoms with Crippen molar-refractivity contribution in [3.8, 4) is 0 Å². The van der Waals surface area contributed by atoms with Crippen LogP contribution in [0.5, 0.6) is 0 Å². The Labute approximate surface area is 854 Å². The van der Waals surface area contributed by atoms with Crippen LogP contribution in [-0.2, 0) is 57.4 Å². The molecule has 2 saturated heterocycles. The van der Waals surface area contributed by atoms with Crippen molar-refractivity contribution in [1.82, 2.24) is 72.5 Å². The summed E-state index contributed by atoms with van der Waals surface area (Å²) in [6.45, 7) is 20.8. The molecule has 0 spiro atoms. The Morgan fingerprint density at radius 3 is 1.23 bits per heavy atom. The van der Waals surface area contributed by atoms with Gasteiger partial charge in [-0.25, -0.2) is 9.59 Å². The van der Waals surface area contributed by atoms with Crippen LogP contribution in [0.3, 0.4) is 0 Å². The Bertz CT molecular complexity index is 5810. The molecule has 8 heterocycles. The van der Waals surface area contributed by atoms with Crippen LogP contribution in [0.2, 0.25) is 35.2 Å². The van der Waals surface area contributed by atoms with Crippen molar-refractivity contribution < 1.29 is 92.3 Å². The Hall–Kier alpha value is -7.70. The number of hydrogen-bond donors (Lipinski definition) is 7. The monoisotopic (exact) mass is 2190 g/mol. The summed E-state index contributed by atoms with van der Waals surface area (Å²) in [4.78, 5) is 83.3. The first-order valence-electron chi connectivity index (χ1n) is 38.1. The number of benzene rings is 7. The molecular weight excluding hydrogens is 2100 g/mol. The molecule has 0 unspecified atom stereocenters. The van der Waals surface area contributed by atoms with E-state index in [0.29, 0.717) is 141 Å². The van der Waals surface area contributed by atoms with Gasteiger partial charge in [0.1, 0.15) is 82.2 Å². The van der Waals surface area contributed by atoms with E-state index in [1.807, 2.05) is 65.8 Å². The third kappa shape index (κ3) is 42.3. The number of aryl methyl sites for hydroxylation is 3. The van der Waals surface area contributed by atoms with Crippen LogP contribution in [0.4, 0.5) is 32.3 Å². The molecule has 13 aromatic rings. The van der Waals surface area contributed by atoms with Gasteiger partial charge in [0.2, 0.25) is 5.91 Å². The maximum Gasteiger partial charge on any atom is 1.00 e. The summed E-state index contributed by atoms with van der Waals surface area (Å²) in [5.41, 5.74) is 28.2. The Morgan fingerprint density at radius 2 is 0.818 bits per heavy atom. The Kier molecular flexibility index (Phi) is 57.3. The summed E-state index contributed by atoms with van der Waals surface area (Å²) in [6, 6.07) is 27.8. The molecule has 3 amide bonds. The molecule has 11 N–H and O–H groups in total. The normalized spacial score (nSPS) is 11.6. The molecule has 54 heteroatoms. The molecule has 0 atom stereocenters. The second-order valence-electron chi connectivity index (χ2n) is 27.5. The number of nitrogens with one attached hydrogen (secondary N) is 1. The number of amides is 3. The number of alkyl halides is 1. The topological polar surface area (TPSA) is 528 Å². The quantitative estimate of drug-likeness (QED) is 0.00649. The zero-order valence-corrected chi connectivity index (χ0v) is 86.6. The summed E-state index contributed by atoms with van der Waals surface area (Å²) in [5, 5.41) is 40.4. The van der Waals surface area contributed by atoms with Crippen LogP contribution < -0.4 is 41.4 Å². The van der Waals surface area contributed by atoms with E-state index in [2.05, 4.69) is 90.7 Å². The van der Waals surface area contributed by atoms with E-state index in [1.54, 1.807) is 95.3 Å². The van der Waals surface area contributed by atoms with E-state index in [0.717, 1.165) is 160 Å². The molecule has 0 aliphatic carbocycles. The maximum atomic E-state index is 12.6. The van der Waals surface area contributed by atoms with Crippen molar-refractivity contribution >= 4 is 332 Å². The SMILES string of the molecule is CC(C)(C)OC(=O)N1CCN(C(=O)CCc2c(Cl)ccc3nsnc23)CC1.CC(C)(C)OC(=O)N1CCNCC1.CCOC(=O)CBr.CCOC(=O)CCc1c(Cl)ccc2nsnc12.CO.CO.Clc1ccc2nsnc2c1.Nc1c(Cl)ccc2nsnc12.Nc1ccc(Cl)cc1N.O=C(O)CCc1c(Cl)ccc2nsnc12.O=[N+]([O-])c1c(Cl)ccc2nsnc12.S=C(Cl)Cl.[Li+].[OH-]. The predicted octanol–water partition coefficient (Wildman–Crippen LogP) is 16.2. The first-order valence-corrected chi connectivity index (χ1v) is 47.4. The minimum absolute atomic E-state index is 0. The fourth-order valence-electron chi connectivity index (χ4n) is 10.4. The summed E-state index contributed by atoms with van der Waals surface area (Å²) >= 11 is 64.3. The fraction of sp³-hybridized carbons (Fsp3) is 0.372. The predicted molar refractivity (Wildman–Crippen MR) is 533 cm³/mol. The summed E-state index contributed by atoms with van der Waals surface area (Å²) in [7, 11) is 2.00. The standard InChI is InChI=1S/C18H23ClN4O3S.C11H11ClN2O2S.C9H7ClN2O2S.C9H18N2O2.C6H2ClN3O2S.C6H4ClN3S.C6H3ClN2S.C6H7ClN2.C4H7BrO2.CCl2S.2CH4O.Li.H2O/c1-18(2,3)26-17(25)23-10-8-22(9-11-23)15(24)7-4-12-13(19)5-6-14-16(12)21-27-20-14;1-2-16-10(15)6-3-7-8(12)4-5-9-11(7)14-17-13-9;10-6-2-3-7-9(12-15-11-7)5(6)1-4-8(13)14;1-9(2,3)13-8(12)11-6-4-10-5-7-11;7-3-1-2-4-5(9-13-8-4)6(3)10(11)12;7-3-1-2-4-6(5(3)8)10-11-9-4;7-4-1-2-5-6(3-4)9-10-8-5;7-4-1-2-5(8)6(9)3-4;1-2-7-4(6)3-5;2-1(3)4;2*1-2;;/h5-6H,4,7-11H2,1-3H3;4-5H,2-3,6H2,1H3;2-3H,1,4H2,(H,13,14);10H,4-7H2,1-3H3;1-2H;1-2H,8H2;1-3H;1-3H,8-9H2;2-3H2,1H3;;2*2H,1H3;;1H2/q;;;;;;;;;;;;+1;/p-1. The number of aliphatic hydroxyl groups excluding tert-OH is 2. The minimum atomic E-state index is -0.841. The number of thiocarbonyl (C=S) groups is 1. The number of halogens is 10. The second kappa shape index (κ2) is 62.8. The third-order valence-corrected chi connectivity index (χ3v) is 22.1. The average Bonchev–Trinajstić information content (AvgIpc) is 1.64. The first-order chi connectivity index (χ1) is 61.7. The van der Waals surface area contributed by atoms with Crippen molar-refractivity contribution in [2.45, 2.75) is 105 Å². The number of fused-ring (bicyclic) bond motifs is 6. The van der Waals surface area contributed by atoms with Gasteiger partial charge in [-0.15, -0.1) is 0 Å². The molecule has 0 radical (unpaired) electrons. The third-order valence-electron chi connectivity index (χ3n) is 16.2. The zero-order valence-electron chi connectivity index (χ0n) is 72.5. The van der Waals surface area contributed by atoms with Crippen molar-refractivity contribution in [3.05, 3.63) is 159 Å². The molecule has 0 bridgehead atoms. The number of rotatable bonds is 13. The number of carboxylic acids is 1. The van der Waals surface area contributed by atoms with Gasteiger partial charge in [-0.05, 0) is 172 Å². The summed E-state index contributed by atoms with van der Waals surface area (Å²) in [6.07, 6.45) is 1.62. The van der Waals surface area contributed by atoms with Crippen molar-refractivity contribution in [2.24, 2.45) is 0 Å². The molecule has 132 heavy (non-hydrogen) atoms. The molecule has 6 aromatic heterocycles. The van der Waals surface area contributed by atoms with Gasteiger partial charge in [0, 0.05) is 128 Å². The number of aliphatic hydroxyl groups is 2. The molecular formula is C78H91BrCl9LiN20O16S7. The average molecular weight is 2200 g/mol. The summed E-state index contributed by atoms with van der Waals surface area (Å²) in [5.74, 6) is -1.22. The second-order valence-corrected chi connectivity index (χ2v) is 35.9. The molecule has 712 valence electrons. The van der Waals surface area contributed by atoms with Crippen molar-refractivity contribution in [3.63, 3.8) is 0 Å². The van der Waals surface area contributed by atoms with Gasteiger partial charge in [-0.2, -0.15) is 52.5 Å². The van der Waals surface area contributed by atoms with E-state index < -0.39 is 16.5 Å². The van der Waals surface area contributed by atoms with Crippen LogP contribution in [0.15, 0.2) is 97.1 Å². The number of carbonyl (C=O) groups is 6. The minimum Gasteiger partial charge on any atom is -0.870 e. The van der Waals surface area contributed by atoms with Crippen molar-refractivity contribution in [1.29, 1.82) is 0 Å². The number of aromatic nitrogens is 12. The van der Waals surface area contributed by atoms with Crippen molar-refractivity contribution in [2.75, 3.05) is 102 Å². The number of hydrogen-bond acceptors (Lipinski definition) is 38.